The lowest BCUT2D eigenvalue weighted by atomic mass is 9.92. The second kappa shape index (κ2) is 43.3. The summed E-state index contributed by atoms with van der Waals surface area (Å²) in [4.78, 5) is 12.1. The third kappa shape index (κ3) is 40.9. The number of carbonyl (C=O) groups is 1. The highest BCUT2D eigenvalue weighted by atomic mass is 16.5. The fourth-order valence-electron chi connectivity index (χ4n) is 8.50. The summed E-state index contributed by atoms with van der Waals surface area (Å²) in [6.45, 7) is 15.7. The molecule has 0 amide bonds. The van der Waals surface area contributed by atoms with Crippen LogP contribution < -0.4 is 0 Å². The largest absolute Gasteiger partial charge is 0.462 e. The summed E-state index contributed by atoms with van der Waals surface area (Å²) in [5, 5.41) is 0. The standard InChI is InChI=1S/C52H102O2/c1-7-9-11-13-15-17-19-21-23-25-27-29-31-35-41-49(5)43-37-33-34-38-45-51(47-54-52(53)48(3)4)46-40-39-44-50(6)42-36-32-30-28-26-24-22-20-18-16-14-12-10-8-2/h49-51H,3,7-47H2,1-2,4-6H3. The molecule has 3 atom stereocenters. The number of rotatable bonds is 45. The van der Waals surface area contributed by atoms with Crippen LogP contribution in [0.15, 0.2) is 12.2 Å². The van der Waals surface area contributed by atoms with Gasteiger partial charge in [0.1, 0.15) is 0 Å². The van der Waals surface area contributed by atoms with Gasteiger partial charge in [0.2, 0.25) is 0 Å². The molecule has 0 aliphatic rings. The molecular formula is C52H102O2. The van der Waals surface area contributed by atoms with Crippen LogP contribution in [0.4, 0.5) is 0 Å². The van der Waals surface area contributed by atoms with E-state index in [1.54, 1.807) is 6.92 Å². The number of esters is 1. The van der Waals surface area contributed by atoms with Gasteiger partial charge in [0.05, 0.1) is 6.61 Å². The first-order valence-electron chi connectivity index (χ1n) is 25.2. The van der Waals surface area contributed by atoms with E-state index in [1.165, 1.54) is 257 Å². The molecule has 0 aromatic rings. The molecule has 0 aromatic heterocycles. The fourth-order valence-corrected chi connectivity index (χ4v) is 8.50. The van der Waals surface area contributed by atoms with Crippen LogP contribution in [0.1, 0.15) is 291 Å². The second-order valence-electron chi connectivity index (χ2n) is 18.5. The number of hydrogen-bond acceptors (Lipinski definition) is 2. The maximum atomic E-state index is 12.1. The van der Waals surface area contributed by atoms with Crippen molar-refractivity contribution in [2.75, 3.05) is 6.61 Å². The smallest absolute Gasteiger partial charge is 0.333 e. The van der Waals surface area contributed by atoms with Gasteiger partial charge in [0.15, 0.2) is 0 Å². The second-order valence-corrected chi connectivity index (χ2v) is 18.5. The molecule has 0 rings (SSSR count). The highest BCUT2D eigenvalue weighted by Gasteiger charge is 2.13. The average Bonchev–Trinajstić information content (AvgIpc) is 3.16. The van der Waals surface area contributed by atoms with Gasteiger partial charge in [-0.15, -0.1) is 0 Å². The Morgan fingerprint density at radius 3 is 0.889 bits per heavy atom. The lowest BCUT2D eigenvalue weighted by Gasteiger charge is -2.18. The van der Waals surface area contributed by atoms with Crippen molar-refractivity contribution >= 4 is 5.97 Å². The van der Waals surface area contributed by atoms with Gasteiger partial charge in [0, 0.05) is 5.57 Å². The Kier molecular flexibility index (Phi) is 42.7. The first kappa shape index (κ1) is 53.2. The SMILES string of the molecule is C=C(C)C(=O)OCC(CCCCCCC(C)CCCCCCCCCCCCCCCC)CCCCC(C)CCCCCCCCCCCCCCCC. The zero-order chi connectivity index (χ0) is 39.6. The molecule has 0 fully saturated rings. The van der Waals surface area contributed by atoms with Gasteiger partial charge < -0.3 is 4.74 Å². The zero-order valence-electron chi connectivity index (χ0n) is 38.2. The van der Waals surface area contributed by atoms with Crippen LogP contribution in [0.3, 0.4) is 0 Å². The van der Waals surface area contributed by atoms with Crippen LogP contribution in [0.25, 0.3) is 0 Å². The van der Waals surface area contributed by atoms with Crippen LogP contribution >= 0.6 is 0 Å². The molecular weight excluding hydrogens is 657 g/mol. The molecule has 0 heterocycles. The van der Waals surface area contributed by atoms with Crippen LogP contribution in [0.5, 0.6) is 0 Å². The minimum atomic E-state index is -0.213. The minimum absolute atomic E-state index is 0.213. The Hall–Kier alpha value is -0.790. The van der Waals surface area contributed by atoms with Crippen molar-refractivity contribution in [3.05, 3.63) is 12.2 Å². The van der Waals surface area contributed by atoms with Crippen molar-refractivity contribution in [1.82, 2.24) is 0 Å². The van der Waals surface area contributed by atoms with Gasteiger partial charge in [-0.3, -0.25) is 0 Å². The van der Waals surface area contributed by atoms with Gasteiger partial charge in [-0.05, 0) is 37.5 Å². The van der Waals surface area contributed by atoms with Crippen molar-refractivity contribution in [3.8, 4) is 0 Å². The van der Waals surface area contributed by atoms with Crippen molar-refractivity contribution in [1.29, 1.82) is 0 Å². The molecule has 0 radical (unpaired) electrons. The van der Waals surface area contributed by atoms with E-state index in [2.05, 4.69) is 34.3 Å². The predicted octanol–water partition coefficient (Wildman–Crippen LogP) is 18.6. The number of hydrogen-bond donors (Lipinski definition) is 0. The predicted molar refractivity (Wildman–Crippen MR) is 244 cm³/mol. The normalized spacial score (nSPS) is 13.3. The van der Waals surface area contributed by atoms with E-state index in [4.69, 9.17) is 4.74 Å². The summed E-state index contributed by atoms with van der Waals surface area (Å²) in [5.74, 6) is 2.02. The Balaban J connectivity index is 3.85. The van der Waals surface area contributed by atoms with Gasteiger partial charge in [-0.2, -0.15) is 0 Å². The maximum absolute atomic E-state index is 12.1. The van der Waals surface area contributed by atoms with Crippen molar-refractivity contribution in [3.63, 3.8) is 0 Å². The monoisotopic (exact) mass is 759 g/mol. The van der Waals surface area contributed by atoms with Crippen molar-refractivity contribution < 1.29 is 9.53 Å². The Morgan fingerprint density at radius 2 is 0.611 bits per heavy atom. The first-order chi connectivity index (χ1) is 26.4. The maximum Gasteiger partial charge on any atom is 0.333 e. The topological polar surface area (TPSA) is 26.3 Å². The molecule has 0 aromatic carbocycles. The van der Waals surface area contributed by atoms with Gasteiger partial charge in [0.25, 0.3) is 0 Å². The molecule has 0 aliphatic carbocycles. The molecule has 0 saturated heterocycles. The highest BCUT2D eigenvalue weighted by Crippen LogP contribution is 2.24. The van der Waals surface area contributed by atoms with E-state index in [1.807, 2.05) is 0 Å². The Bertz CT molecular complexity index is 757. The Labute approximate surface area is 342 Å². The first-order valence-corrected chi connectivity index (χ1v) is 25.2. The minimum Gasteiger partial charge on any atom is -0.462 e. The molecule has 2 heteroatoms. The van der Waals surface area contributed by atoms with Crippen molar-refractivity contribution in [2.24, 2.45) is 17.8 Å². The summed E-state index contributed by atoms with van der Waals surface area (Å²) in [6.07, 6.45) is 56.3. The number of ether oxygens (including phenoxy) is 1. The average molecular weight is 759 g/mol. The molecule has 2 nitrogen and oxygen atoms in total. The molecule has 54 heavy (non-hydrogen) atoms. The van der Waals surface area contributed by atoms with Crippen LogP contribution in [-0.2, 0) is 9.53 Å². The summed E-state index contributed by atoms with van der Waals surface area (Å²) < 4.78 is 5.65. The van der Waals surface area contributed by atoms with E-state index in [0.29, 0.717) is 18.1 Å². The zero-order valence-corrected chi connectivity index (χ0v) is 38.2. The van der Waals surface area contributed by atoms with Gasteiger partial charge in [-0.25, -0.2) is 4.79 Å². The van der Waals surface area contributed by atoms with Crippen LogP contribution in [0, 0.1) is 17.8 Å². The molecule has 322 valence electrons. The quantitative estimate of drug-likeness (QED) is 0.0351. The van der Waals surface area contributed by atoms with E-state index in [0.717, 1.165) is 11.8 Å². The lowest BCUT2D eigenvalue weighted by Crippen LogP contribution is -2.15. The molecule has 3 unspecified atom stereocenters. The summed E-state index contributed by atoms with van der Waals surface area (Å²) in [6, 6.07) is 0. The summed E-state index contributed by atoms with van der Waals surface area (Å²) in [5.41, 5.74) is 0.522. The third-order valence-electron chi connectivity index (χ3n) is 12.5. The fraction of sp³-hybridized carbons (Fsp3) is 0.942. The Morgan fingerprint density at radius 1 is 0.389 bits per heavy atom. The lowest BCUT2D eigenvalue weighted by molar-refractivity contribution is -0.140. The third-order valence-corrected chi connectivity index (χ3v) is 12.5. The molecule has 0 aliphatic heterocycles. The van der Waals surface area contributed by atoms with E-state index < -0.39 is 0 Å². The highest BCUT2D eigenvalue weighted by molar-refractivity contribution is 5.86. The molecule has 0 N–H and O–H groups in total. The van der Waals surface area contributed by atoms with E-state index in [9.17, 15) is 4.79 Å². The molecule has 0 bridgehead atoms. The van der Waals surface area contributed by atoms with Crippen LogP contribution in [0.2, 0.25) is 0 Å². The number of unbranched alkanes of at least 4 members (excludes halogenated alkanes) is 30. The summed E-state index contributed by atoms with van der Waals surface area (Å²) >= 11 is 0. The number of carbonyl (C=O) groups excluding carboxylic acids is 1. The molecule has 0 saturated carbocycles. The van der Waals surface area contributed by atoms with E-state index >= 15 is 0 Å². The van der Waals surface area contributed by atoms with Crippen molar-refractivity contribution in [2.45, 2.75) is 291 Å². The van der Waals surface area contributed by atoms with Gasteiger partial charge in [-0.1, -0.05) is 278 Å². The van der Waals surface area contributed by atoms with E-state index in [-0.39, 0.29) is 5.97 Å². The summed E-state index contributed by atoms with van der Waals surface area (Å²) in [7, 11) is 0. The van der Waals surface area contributed by atoms with Gasteiger partial charge >= 0.3 is 5.97 Å². The molecule has 0 spiro atoms. The van der Waals surface area contributed by atoms with Crippen LogP contribution in [-0.4, -0.2) is 12.6 Å².